The smallest absolute Gasteiger partial charge is 0.293 e. The van der Waals surface area contributed by atoms with Gasteiger partial charge < -0.3 is 5.32 Å². The molecule has 0 aliphatic carbocycles. The lowest BCUT2D eigenvalue weighted by molar-refractivity contribution is -0.384. The molecule has 0 bridgehead atoms. The molecule has 0 aromatic heterocycles. The van der Waals surface area contributed by atoms with Gasteiger partial charge in [0.2, 0.25) is 0 Å². The molecule has 0 radical (unpaired) electrons. The Hall–Kier alpha value is -1.47. The molecular weight excluding hydrogens is 383 g/mol. The Labute approximate surface area is 125 Å². The van der Waals surface area contributed by atoms with Gasteiger partial charge in [0.15, 0.2) is 0 Å². The van der Waals surface area contributed by atoms with Gasteiger partial charge in [-0.05, 0) is 40.2 Å². The van der Waals surface area contributed by atoms with Gasteiger partial charge in [-0.1, -0.05) is 22.0 Å². The van der Waals surface area contributed by atoms with Crippen molar-refractivity contribution >= 4 is 48.9 Å². The van der Waals surface area contributed by atoms with Crippen molar-refractivity contribution in [3.63, 3.8) is 0 Å². The van der Waals surface area contributed by atoms with E-state index in [9.17, 15) is 14.5 Å². The summed E-state index contributed by atoms with van der Waals surface area (Å²) >= 11 is 6.36. The molecule has 0 heterocycles. The highest BCUT2D eigenvalue weighted by Gasteiger charge is 2.16. The molecule has 0 aliphatic rings. The fourth-order valence-corrected chi connectivity index (χ4v) is 2.30. The molecule has 0 unspecified atom stereocenters. The SMILES string of the molecule is O=[N+]([O-])c1cc(Br)ccc1Nc1c(F)cccc1Br. The van der Waals surface area contributed by atoms with Crippen molar-refractivity contribution in [1.29, 1.82) is 0 Å². The van der Waals surface area contributed by atoms with E-state index >= 15 is 0 Å². The van der Waals surface area contributed by atoms with E-state index in [0.717, 1.165) is 0 Å². The second-order valence-corrected chi connectivity index (χ2v) is 5.41. The first-order valence-electron chi connectivity index (χ1n) is 5.14. The molecule has 0 spiro atoms. The third-order valence-corrected chi connectivity index (χ3v) is 3.53. The van der Waals surface area contributed by atoms with Crippen LogP contribution in [0, 0.1) is 15.9 Å². The average Bonchev–Trinajstić information content (AvgIpc) is 2.35. The maximum Gasteiger partial charge on any atom is 0.293 e. The van der Waals surface area contributed by atoms with E-state index in [0.29, 0.717) is 8.95 Å². The molecule has 0 saturated heterocycles. The fraction of sp³-hybridized carbons (Fsp3) is 0. The second kappa shape index (κ2) is 5.66. The number of nitrogens with one attached hydrogen (secondary N) is 1. The molecule has 0 aliphatic heterocycles. The van der Waals surface area contributed by atoms with Gasteiger partial charge in [-0.2, -0.15) is 0 Å². The minimum absolute atomic E-state index is 0.135. The highest BCUT2D eigenvalue weighted by Crippen LogP contribution is 2.34. The van der Waals surface area contributed by atoms with Gasteiger partial charge >= 0.3 is 0 Å². The monoisotopic (exact) mass is 388 g/mol. The van der Waals surface area contributed by atoms with Crippen molar-refractivity contribution in [3.05, 3.63) is 61.3 Å². The van der Waals surface area contributed by atoms with E-state index in [4.69, 9.17) is 0 Å². The van der Waals surface area contributed by atoms with E-state index in [-0.39, 0.29) is 17.1 Å². The van der Waals surface area contributed by atoms with E-state index < -0.39 is 10.7 Å². The van der Waals surface area contributed by atoms with E-state index in [1.807, 2.05) is 0 Å². The Balaban J connectivity index is 2.47. The Kier molecular flexibility index (Phi) is 4.16. The summed E-state index contributed by atoms with van der Waals surface area (Å²) in [6.07, 6.45) is 0. The summed E-state index contributed by atoms with van der Waals surface area (Å²) in [6, 6.07) is 8.98. The lowest BCUT2D eigenvalue weighted by Crippen LogP contribution is -1.99. The largest absolute Gasteiger partial charge is 0.347 e. The molecule has 2 rings (SSSR count). The third-order valence-electron chi connectivity index (χ3n) is 2.38. The highest BCUT2D eigenvalue weighted by atomic mass is 79.9. The molecule has 19 heavy (non-hydrogen) atoms. The minimum atomic E-state index is -0.526. The lowest BCUT2D eigenvalue weighted by Gasteiger charge is -2.10. The van der Waals surface area contributed by atoms with Gasteiger partial charge in [-0.15, -0.1) is 0 Å². The van der Waals surface area contributed by atoms with Gasteiger partial charge in [0.25, 0.3) is 5.69 Å². The Morgan fingerprint density at radius 3 is 2.58 bits per heavy atom. The number of nitrogens with zero attached hydrogens (tertiary/aromatic N) is 1. The van der Waals surface area contributed by atoms with Crippen molar-refractivity contribution < 1.29 is 9.31 Å². The molecule has 7 heteroatoms. The summed E-state index contributed by atoms with van der Waals surface area (Å²) < 4.78 is 14.7. The molecular formula is C12H7Br2FN2O2. The first-order chi connectivity index (χ1) is 8.99. The number of anilines is 2. The Morgan fingerprint density at radius 2 is 1.95 bits per heavy atom. The Morgan fingerprint density at radius 1 is 1.21 bits per heavy atom. The average molecular weight is 390 g/mol. The van der Waals surface area contributed by atoms with Gasteiger partial charge in [-0.25, -0.2) is 4.39 Å². The summed E-state index contributed by atoms with van der Waals surface area (Å²) in [4.78, 5) is 10.4. The van der Waals surface area contributed by atoms with Crippen LogP contribution in [0.5, 0.6) is 0 Å². The standard InChI is InChI=1S/C12H7Br2FN2O2/c13-7-4-5-10(11(6-7)17(18)19)16-12-8(14)2-1-3-9(12)15/h1-6,16H. The molecule has 0 saturated carbocycles. The van der Waals surface area contributed by atoms with E-state index in [1.165, 1.54) is 18.2 Å². The van der Waals surface area contributed by atoms with Crippen LogP contribution in [0.2, 0.25) is 0 Å². The predicted octanol–water partition coefficient (Wildman–Crippen LogP) is 5.00. The molecule has 1 N–H and O–H groups in total. The first kappa shape index (κ1) is 14.0. The third kappa shape index (κ3) is 3.10. The summed E-state index contributed by atoms with van der Waals surface area (Å²) in [7, 11) is 0. The second-order valence-electron chi connectivity index (χ2n) is 3.64. The number of nitro groups is 1. The zero-order valence-electron chi connectivity index (χ0n) is 9.36. The minimum Gasteiger partial charge on any atom is -0.347 e. The lowest BCUT2D eigenvalue weighted by atomic mass is 10.2. The molecule has 0 fully saturated rings. The molecule has 0 atom stereocenters. The summed E-state index contributed by atoms with van der Waals surface area (Å²) in [5.41, 5.74) is 0.247. The van der Waals surface area contributed by atoms with Gasteiger partial charge in [0, 0.05) is 15.0 Å². The van der Waals surface area contributed by atoms with Gasteiger partial charge in [0.1, 0.15) is 11.5 Å². The van der Waals surface area contributed by atoms with Gasteiger partial charge in [0.05, 0.1) is 10.6 Å². The van der Waals surface area contributed by atoms with Crippen LogP contribution in [0.25, 0.3) is 0 Å². The number of rotatable bonds is 3. The van der Waals surface area contributed by atoms with Crippen molar-refractivity contribution in [2.24, 2.45) is 0 Å². The maximum absolute atomic E-state index is 13.7. The zero-order valence-corrected chi connectivity index (χ0v) is 12.5. The quantitative estimate of drug-likeness (QED) is 0.593. The maximum atomic E-state index is 13.7. The van der Waals surface area contributed by atoms with Crippen LogP contribution in [0.3, 0.4) is 0 Å². The molecule has 4 nitrogen and oxygen atoms in total. The fourth-order valence-electron chi connectivity index (χ4n) is 1.51. The van der Waals surface area contributed by atoms with Crippen molar-refractivity contribution in [2.45, 2.75) is 0 Å². The van der Waals surface area contributed by atoms with Crippen LogP contribution >= 0.6 is 31.9 Å². The summed E-state index contributed by atoms with van der Waals surface area (Å²) in [6.45, 7) is 0. The number of hydrogen-bond acceptors (Lipinski definition) is 3. The normalized spacial score (nSPS) is 10.3. The van der Waals surface area contributed by atoms with Crippen LogP contribution in [0.15, 0.2) is 45.3 Å². The summed E-state index contributed by atoms with van der Waals surface area (Å²) in [5.74, 6) is -0.494. The number of nitro benzene ring substituents is 1. The molecule has 0 amide bonds. The van der Waals surface area contributed by atoms with E-state index in [1.54, 1.807) is 18.2 Å². The van der Waals surface area contributed by atoms with Crippen molar-refractivity contribution in [1.82, 2.24) is 0 Å². The number of halogens is 3. The topological polar surface area (TPSA) is 55.2 Å². The van der Waals surface area contributed by atoms with Gasteiger partial charge in [-0.3, -0.25) is 10.1 Å². The van der Waals surface area contributed by atoms with Crippen LogP contribution in [0.1, 0.15) is 0 Å². The molecule has 98 valence electrons. The molecule has 2 aromatic rings. The number of benzene rings is 2. The molecule has 2 aromatic carbocycles. The van der Waals surface area contributed by atoms with Crippen LogP contribution in [-0.4, -0.2) is 4.92 Å². The Bertz CT molecular complexity index is 629. The summed E-state index contributed by atoms with van der Waals surface area (Å²) in [5, 5.41) is 13.7. The highest BCUT2D eigenvalue weighted by molar-refractivity contribution is 9.10. The van der Waals surface area contributed by atoms with Crippen LogP contribution < -0.4 is 5.32 Å². The number of hydrogen-bond donors (Lipinski definition) is 1. The van der Waals surface area contributed by atoms with Crippen molar-refractivity contribution in [3.8, 4) is 0 Å². The van der Waals surface area contributed by atoms with E-state index in [2.05, 4.69) is 37.2 Å². The first-order valence-corrected chi connectivity index (χ1v) is 6.72. The van der Waals surface area contributed by atoms with Crippen molar-refractivity contribution in [2.75, 3.05) is 5.32 Å². The van der Waals surface area contributed by atoms with Crippen LogP contribution in [0.4, 0.5) is 21.5 Å². The number of para-hydroxylation sites is 1. The predicted molar refractivity (Wildman–Crippen MR) is 78.2 cm³/mol. The van der Waals surface area contributed by atoms with Crippen LogP contribution in [-0.2, 0) is 0 Å². The zero-order chi connectivity index (χ0) is 14.0.